The van der Waals surface area contributed by atoms with Gasteiger partial charge in [-0.15, -0.1) is 0 Å². The molecule has 0 spiro atoms. The number of benzene rings is 1. The van der Waals surface area contributed by atoms with Crippen LogP contribution < -0.4 is 5.32 Å². The number of hydrogen-bond donors (Lipinski definition) is 1. The van der Waals surface area contributed by atoms with Crippen LogP contribution in [-0.2, 0) is 11.2 Å². The third kappa shape index (κ3) is 1.74. The molecule has 1 fully saturated rings. The molecule has 0 amide bonds. The van der Waals surface area contributed by atoms with Crippen LogP contribution in [0.5, 0.6) is 0 Å². The van der Waals surface area contributed by atoms with E-state index in [4.69, 9.17) is 4.74 Å². The highest BCUT2D eigenvalue weighted by Gasteiger charge is 2.30. The van der Waals surface area contributed by atoms with E-state index in [0.29, 0.717) is 6.04 Å². The molecule has 0 bridgehead atoms. The van der Waals surface area contributed by atoms with Crippen LogP contribution in [0.1, 0.15) is 30.1 Å². The molecule has 1 aromatic rings. The van der Waals surface area contributed by atoms with Crippen molar-refractivity contribution in [2.75, 3.05) is 13.2 Å². The zero-order valence-electron chi connectivity index (χ0n) is 9.21. The molecule has 2 aliphatic heterocycles. The van der Waals surface area contributed by atoms with Crippen LogP contribution in [0.15, 0.2) is 18.2 Å². The van der Waals surface area contributed by atoms with Crippen LogP contribution in [0, 0.1) is 5.82 Å². The fourth-order valence-corrected chi connectivity index (χ4v) is 2.75. The van der Waals surface area contributed by atoms with Gasteiger partial charge < -0.3 is 10.1 Å². The van der Waals surface area contributed by atoms with E-state index in [-0.39, 0.29) is 11.9 Å². The lowest BCUT2D eigenvalue weighted by molar-refractivity contribution is 0.0197. The highest BCUT2D eigenvalue weighted by Crippen LogP contribution is 2.33. The van der Waals surface area contributed by atoms with E-state index < -0.39 is 0 Å². The second-order valence-corrected chi connectivity index (χ2v) is 4.59. The molecule has 0 radical (unpaired) electrons. The molecule has 16 heavy (non-hydrogen) atoms. The van der Waals surface area contributed by atoms with Crippen molar-refractivity contribution < 1.29 is 9.13 Å². The highest BCUT2D eigenvalue weighted by atomic mass is 19.1. The van der Waals surface area contributed by atoms with Crippen molar-refractivity contribution in [1.29, 1.82) is 0 Å². The average molecular weight is 221 g/mol. The first-order valence-electron chi connectivity index (χ1n) is 5.98. The van der Waals surface area contributed by atoms with Crippen LogP contribution in [0.2, 0.25) is 0 Å². The first kappa shape index (κ1) is 10.2. The number of ether oxygens (including phenoxy) is 1. The maximum atomic E-state index is 13.3. The largest absolute Gasteiger partial charge is 0.372 e. The summed E-state index contributed by atoms with van der Waals surface area (Å²) in [6.45, 7) is 1.80. The Morgan fingerprint density at radius 3 is 3.12 bits per heavy atom. The molecule has 2 nitrogen and oxygen atoms in total. The second-order valence-electron chi connectivity index (χ2n) is 4.59. The molecular weight excluding hydrogens is 205 g/mol. The van der Waals surface area contributed by atoms with Crippen LogP contribution in [-0.4, -0.2) is 19.2 Å². The summed E-state index contributed by atoms with van der Waals surface area (Å²) in [7, 11) is 0. The molecule has 2 aliphatic rings. The molecule has 1 saturated heterocycles. The van der Waals surface area contributed by atoms with Crippen molar-refractivity contribution in [3.05, 3.63) is 35.1 Å². The van der Waals surface area contributed by atoms with Gasteiger partial charge in [-0.3, -0.25) is 0 Å². The molecule has 86 valence electrons. The Balaban J connectivity index is 1.94. The minimum Gasteiger partial charge on any atom is -0.372 e. The zero-order valence-corrected chi connectivity index (χ0v) is 9.21. The van der Waals surface area contributed by atoms with Crippen LogP contribution in [0.3, 0.4) is 0 Å². The third-order valence-corrected chi connectivity index (χ3v) is 3.55. The van der Waals surface area contributed by atoms with Crippen molar-refractivity contribution in [2.24, 2.45) is 0 Å². The van der Waals surface area contributed by atoms with E-state index in [9.17, 15) is 4.39 Å². The van der Waals surface area contributed by atoms with Crippen molar-refractivity contribution in [3.63, 3.8) is 0 Å². The summed E-state index contributed by atoms with van der Waals surface area (Å²) in [6.07, 6.45) is 3.26. The Morgan fingerprint density at radius 2 is 2.31 bits per heavy atom. The summed E-state index contributed by atoms with van der Waals surface area (Å²) in [5, 5.41) is 3.44. The van der Waals surface area contributed by atoms with Gasteiger partial charge in [0.05, 0.1) is 12.7 Å². The van der Waals surface area contributed by atoms with Gasteiger partial charge in [-0.2, -0.15) is 0 Å². The quantitative estimate of drug-likeness (QED) is 0.785. The summed E-state index contributed by atoms with van der Waals surface area (Å²) in [6, 6.07) is 5.44. The minimum atomic E-state index is -0.160. The van der Waals surface area contributed by atoms with Gasteiger partial charge in [0.1, 0.15) is 5.82 Å². The molecule has 3 rings (SSSR count). The number of hydrogen-bond acceptors (Lipinski definition) is 2. The van der Waals surface area contributed by atoms with Crippen LogP contribution in [0.25, 0.3) is 0 Å². The summed E-state index contributed by atoms with van der Waals surface area (Å²) >= 11 is 0. The average Bonchev–Trinajstić information content (AvgIpc) is 2.81. The lowest BCUT2D eigenvalue weighted by Gasteiger charge is -2.30. The number of halogens is 1. The summed E-state index contributed by atoms with van der Waals surface area (Å²) in [5.41, 5.74) is 2.29. The first-order valence-corrected chi connectivity index (χ1v) is 5.98. The van der Waals surface area contributed by atoms with E-state index in [2.05, 4.69) is 5.32 Å². The zero-order chi connectivity index (χ0) is 11.0. The van der Waals surface area contributed by atoms with Crippen LogP contribution in [0.4, 0.5) is 4.39 Å². The minimum absolute atomic E-state index is 0.0435. The lowest BCUT2D eigenvalue weighted by Crippen LogP contribution is -2.33. The van der Waals surface area contributed by atoms with Gasteiger partial charge in [0, 0.05) is 6.04 Å². The third-order valence-electron chi connectivity index (χ3n) is 3.55. The van der Waals surface area contributed by atoms with Crippen molar-refractivity contribution in [1.82, 2.24) is 5.32 Å². The molecule has 0 saturated carbocycles. The molecule has 1 aromatic carbocycles. The maximum absolute atomic E-state index is 13.3. The van der Waals surface area contributed by atoms with Gasteiger partial charge in [0.15, 0.2) is 0 Å². The van der Waals surface area contributed by atoms with E-state index >= 15 is 0 Å². The Bertz CT molecular complexity index is 388. The smallest absolute Gasteiger partial charge is 0.123 e. The molecule has 2 heterocycles. The fourth-order valence-electron chi connectivity index (χ4n) is 2.75. The molecule has 3 heteroatoms. The molecule has 2 atom stereocenters. The number of rotatable bonds is 1. The fraction of sp³-hybridized carbons (Fsp3) is 0.538. The molecule has 0 aromatic heterocycles. The lowest BCUT2D eigenvalue weighted by atomic mass is 9.92. The first-order chi connectivity index (χ1) is 7.84. The van der Waals surface area contributed by atoms with Crippen LogP contribution >= 0.6 is 0 Å². The summed E-state index contributed by atoms with van der Waals surface area (Å²) in [4.78, 5) is 0. The van der Waals surface area contributed by atoms with Gasteiger partial charge >= 0.3 is 0 Å². The van der Waals surface area contributed by atoms with Gasteiger partial charge in [-0.05, 0) is 49.1 Å². The number of nitrogens with one attached hydrogen (secondary N) is 1. The molecule has 0 unspecified atom stereocenters. The Labute approximate surface area is 94.8 Å². The van der Waals surface area contributed by atoms with E-state index in [1.165, 1.54) is 12.0 Å². The monoisotopic (exact) mass is 221 g/mol. The molecular formula is C13H16FNO. The molecule has 0 aliphatic carbocycles. The van der Waals surface area contributed by atoms with Crippen molar-refractivity contribution in [3.8, 4) is 0 Å². The van der Waals surface area contributed by atoms with Crippen molar-refractivity contribution >= 4 is 0 Å². The second kappa shape index (κ2) is 4.15. The number of fused-ring (bicyclic) bond motifs is 1. The Kier molecular flexibility index (Phi) is 2.65. The van der Waals surface area contributed by atoms with Gasteiger partial charge in [0.2, 0.25) is 0 Å². The molecule has 1 N–H and O–H groups in total. The highest BCUT2D eigenvalue weighted by molar-refractivity contribution is 5.32. The topological polar surface area (TPSA) is 21.3 Å². The SMILES string of the molecule is Fc1ccc2c(c1)[C@H]([C@H]1CCCN1)OCC2. The van der Waals surface area contributed by atoms with Gasteiger partial charge in [0.25, 0.3) is 0 Å². The van der Waals surface area contributed by atoms with E-state index in [0.717, 1.165) is 31.6 Å². The van der Waals surface area contributed by atoms with Crippen molar-refractivity contribution in [2.45, 2.75) is 31.4 Å². The predicted octanol–water partition coefficient (Wildman–Crippen LogP) is 2.19. The summed E-state index contributed by atoms with van der Waals surface area (Å²) < 4.78 is 19.1. The normalized spacial score (nSPS) is 29.1. The van der Waals surface area contributed by atoms with E-state index in [1.807, 2.05) is 6.07 Å². The standard InChI is InChI=1S/C13H16FNO/c14-10-4-3-9-5-7-16-13(11(9)8-10)12-2-1-6-15-12/h3-4,8,12-13,15H,1-2,5-7H2/t12-,13-/m1/s1. The Hall–Kier alpha value is -0.930. The Morgan fingerprint density at radius 1 is 1.38 bits per heavy atom. The predicted molar refractivity (Wildman–Crippen MR) is 59.8 cm³/mol. The maximum Gasteiger partial charge on any atom is 0.123 e. The summed E-state index contributed by atoms with van der Waals surface area (Å²) in [5.74, 6) is -0.160. The van der Waals surface area contributed by atoms with Gasteiger partial charge in [-0.1, -0.05) is 6.07 Å². The van der Waals surface area contributed by atoms with Gasteiger partial charge in [-0.25, -0.2) is 4.39 Å². The van der Waals surface area contributed by atoms with E-state index in [1.54, 1.807) is 12.1 Å².